The van der Waals surface area contributed by atoms with E-state index in [0.29, 0.717) is 30.2 Å². The van der Waals surface area contributed by atoms with Gasteiger partial charge in [-0.1, -0.05) is 0 Å². The third kappa shape index (κ3) is 3.90. The number of benzene rings is 1. The number of anilines is 1. The molecule has 0 saturated carbocycles. The first kappa shape index (κ1) is 17.9. The standard InChI is InChI=1S/C17H24N2O5/c1-11(2)24-14-9-12(5-6-13(14)23-4)18-16(22)19-8-7-17(3,10-19)15(20)21/h5-6,9,11H,7-8,10H2,1-4H3,(H,18,22)(H,20,21). The Morgan fingerprint density at radius 2 is 2.04 bits per heavy atom. The molecule has 1 atom stereocenters. The molecule has 132 valence electrons. The van der Waals surface area contributed by atoms with Crippen molar-refractivity contribution in [2.45, 2.75) is 33.3 Å². The first-order chi connectivity index (χ1) is 11.2. The quantitative estimate of drug-likeness (QED) is 0.863. The van der Waals surface area contributed by atoms with Gasteiger partial charge in [-0.2, -0.15) is 0 Å². The number of urea groups is 1. The summed E-state index contributed by atoms with van der Waals surface area (Å²) < 4.78 is 10.9. The third-order valence-electron chi connectivity index (χ3n) is 4.05. The van der Waals surface area contributed by atoms with Crippen LogP contribution in [0.25, 0.3) is 0 Å². The highest BCUT2D eigenvalue weighted by molar-refractivity contribution is 5.90. The molecule has 1 saturated heterocycles. The molecule has 1 aliphatic heterocycles. The molecule has 2 N–H and O–H groups in total. The van der Waals surface area contributed by atoms with Crippen LogP contribution in [0.2, 0.25) is 0 Å². The summed E-state index contributed by atoms with van der Waals surface area (Å²) >= 11 is 0. The van der Waals surface area contributed by atoms with Crippen LogP contribution in [0.5, 0.6) is 11.5 Å². The maximum absolute atomic E-state index is 12.4. The van der Waals surface area contributed by atoms with Crippen molar-refractivity contribution in [2.75, 3.05) is 25.5 Å². The molecule has 2 rings (SSSR count). The van der Waals surface area contributed by atoms with Crippen LogP contribution < -0.4 is 14.8 Å². The maximum Gasteiger partial charge on any atom is 0.321 e. The first-order valence-corrected chi connectivity index (χ1v) is 7.89. The molecule has 7 heteroatoms. The van der Waals surface area contributed by atoms with Crippen LogP contribution in [0, 0.1) is 5.41 Å². The summed E-state index contributed by atoms with van der Waals surface area (Å²) in [7, 11) is 1.55. The fourth-order valence-corrected chi connectivity index (χ4v) is 2.61. The molecule has 1 fully saturated rings. The summed E-state index contributed by atoms with van der Waals surface area (Å²) in [5.74, 6) is 0.248. The highest BCUT2D eigenvalue weighted by atomic mass is 16.5. The lowest BCUT2D eigenvalue weighted by Crippen LogP contribution is -2.37. The minimum atomic E-state index is -0.886. The number of rotatable bonds is 5. The number of nitrogens with zero attached hydrogens (tertiary/aromatic N) is 1. The van der Waals surface area contributed by atoms with Crippen molar-refractivity contribution >= 4 is 17.7 Å². The summed E-state index contributed by atoms with van der Waals surface area (Å²) in [4.78, 5) is 25.2. The van der Waals surface area contributed by atoms with Crippen LogP contribution in [0.1, 0.15) is 27.2 Å². The molecular formula is C17H24N2O5. The van der Waals surface area contributed by atoms with Gasteiger partial charge in [0.05, 0.1) is 18.6 Å². The van der Waals surface area contributed by atoms with Crippen LogP contribution in [0.4, 0.5) is 10.5 Å². The van der Waals surface area contributed by atoms with E-state index >= 15 is 0 Å². The van der Waals surface area contributed by atoms with E-state index in [4.69, 9.17) is 9.47 Å². The highest BCUT2D eigenvalue weighted by Crippen LogP contribution is 2.33. The molecule has 2 amide bonds. The zero-order valence-corrected chi connectivity index (χ0v) is 14.5. The lowest BCUT2D eigenvalue weighted by molar-refractivity contribution is -0.146. The van der Waals surface area contributed by atoms with E-state index in [1.165, 1.54) is 4.90 Å². The van der Waals surface area contributed by atoms with Crippen molar-refractivity contribution in [3.63, 3.8) is 0 Å². The number of amides is 2. The van der Waals surface area contributed by atoms with Gasteiger partial charge in [0.2, 0.25) is 0 Å². The smallest absolute Gasteiger partial charge is 0.321 e. The van der Waals surface area contributed by atoms with Crippen molar-refractivity contribution in [2.24, 2.45) is 5.41 Å². The van der Waals surface area contributed by atoms with Gasteiger partial charge in [-0.05, 0) is 39.3 Å². The Labute approximate surface area is 141 Å². The zero-order valence-electron chi connectivity index (χ0n) is 14.5. The predicted molar refractivity (Wildman–Crippen MR) is 89.7 cm³/mol. The Kier molecular flexibility index (Phi) is 5.21. The van der Waals surface area contributed by atoms with Crippen molar-refractivity contribution in [1.82, 2.24) is 4.90 Å². The molecule has 1 aromatic carbocycles. The largest absolute Gasteiger partial charge is 0.493 e. The monoisotopic (exact) mass is 336 g/mol. The number of methoxy groups -OCH3 is 1. The molecule has 0 bridgehead atoms. The second kappa shape index (κ2) is 6.98. The SMILES string of the molecule is COc1ccc(NC(=O)N2CCC(C)(C(=O)O)C2)cc1OC(C)C. The molecule has 0 spiro atoms. The molecule has 0 radical (unpaired) electrons. The average Bonchev–Trinajstić information content (AvgIpc) is 2.91. The summed E-state index contributed by atoms with van der Waals surface area (Å²) in [6, 6.07) is 4.82. The van der Waals surface area contributed by atoms with Crippen molar-refractivity contribution in [3.05, 3.63) is 18.2 Å². The van der Waals surface area contributed by atoms with Gasteiger partial charge in [0.1, 0.15) is 0 Å². The third-order valence-corrected chi connectivity index (χ3v) is 4.05. The van der Waals surface area contributed by atoms with Crippen LogP contribution >= 0.6 is 0 Å². The molecular weight excluding hydrogens is 312 g/mol. The van der Waals surface area contributed by atoms with E-state index < -0.39 is 11.4 Å². The Balaban J connectivity index is 2.08. The normalized spacial score (nSPS) is 20.1. The molecule has 1 aliphatic rings. The average molecular weight is 336 g/mol. The number of hydrogen-bond donors (Lipinski definition) is 2. The van der Waals surface area contributed by atoms with E-state index in [1.54, 1.807) is 32.2 Å². The Morgan fingerprint density at radius 1 is 1.33 bits per heavy atom. The summed E-state index contributed by atoms with van der Waals surface area (Å²) in [6.07, 6.45) is 0.416. The summed E-state index contributed by atoms with van der Waals surface area (Å²) in [5, 5.41) is 12.0. The van der Waals surface area contributed by atoms with Crippen molar-refractivity contribution in [3.8, 4) is 11.5 Å². The number of ether oxygens (including phenoxy) is 2. The molecule has 1 unspecified atom stereocenters. The topological polar surface area (TPSA) is 88.1 Å². The molecule has 7 nitrogen and oxygen atoms in total. The number of aliphatic carboxylic acids is 1. The van der Waals surface area contributed by atoms with E-state index in [0.717, 1.165) is 0 Å². The lowest BCUT2D eigenvalue weighted by Gasteiger charge is -2.21. The Bertz CT molecular complexity index is 631. The van der Waals surface area contributed by atoms with Gasteiger partial charge in [0.15, 0.2) is 11.5 Å². The number of carbonyl (C=O) groups is 2. The first-order valence-electron chi connectivity index (χ1n) is 7.89. The van der Waals surface area contributed by atoms with Gasteiger partial charge < -0.3 is 24.8 Å². The predicted octanol–water partition coefficient (Wildman–Crippen LogP) is 2.81. The molecule has 1 aromatic rings. The zero-order chi connectivity index (χ0) is 17.9. The second-order valence-corrected chi connectivity index (χ2v) is 6.50. The van der Waals surface area contributed by atoms with Crippen molar-refractivity contribution < 1.29 is 24.2 Å². The minimum Gasteiger partial charge on any atom is -0.493 e. The van der Waals surface area contributed by atoms with Crippen LogP contribution in [-0.4, -0.2) is 48.3 Å². The van der Waals surface area contributed by atoms with Crippen LogP contribution in [0.3, 0.4) is 0 Å². The fourth-order valence-electron chi connectivity index (χ4n) is 2.61. The van der Waals surface area contributed by atoms with Gasteiger partial charge >= 0.3 is 12.0 Å². The molecule has 1 heterocycles. The molecule has 24 heavy (non-hydrogen) atoms. The molecule has 0 aromatic heterocycles. The van der Waals surface area contributed by atoms with Gasteiger partial charge in [-0.15, -0.1) is 0 Å². The summed E-state index contributed by atoms with van der Waals surface area (Å²) in [5.41, 5.74) is -0.316. The van der Waals surface area contributed by atoms with Gasteiger partial charge in [0.25, 0.3) is 0 Å². The number of hydrogen-bond acceptors (Lipinski definition) is 4. The highest BCUT2D eigenvalue weighted by Gasteiger charge is 2.42. The van der Waals surface area contributed by atoms with Crippen LogP contribution in [-0.2, 0) is 4.79 Å². The number of carboxylic acids is 1. The van der Waals surface area contributed by atoms with Gasteiger partial charge in [-0.3, -0.25) is 4.79 Å². The number of carboxylic acid groups (broad SMARTS) is 1. The van der Waals surface area contributed by atoms with Crippen molar-refractivity contribution in [1.29, 1.82) is 0 Å². The number of nitrogens with one attached hydrogen (secondary N) is 1. The van der Waals surface area contributed by atoms with Crippen LogP contribution in [0.15, 0.2) is 18.2 Å². The number of carbonyl (C=O) groups excluding carboxylic acids is 1. The Morgan fingerprint density at radius 3 is 2.58 bits per heavy atom. The second-order valence-electron chi connectivity index (χ2n) is 6.50. The number of likely N-dealkylation sites (tertiary alicyclic amines) is 1. The van der Waals surface area contributed by atoms with E-state index in [2.05, 4.69) is 5.32 Å². The summed E-state index contributed by atoms with van der Waals surface area (Å²) in [6.45, 7) is 6.08. The minimum absolute atomic E-state index is 0.0280. The lowest BCUT2D eigenvalue weighted by atomic mass is 9.90. The maximum atomic E-state index is 12.4. The molecule has 0 aliphatic carbocycles. The Hall–Kier alpha value is -2.44. The van der Waals surface area contributed by atoms with E-state index in [9.17, 15) is 14.7 Å². The van der Waals surface area contributed by atoms with E-state index in [1.807, 2.05) is 13.8 Å². The van der Waals surface area contributed by atoms with E-state index in [-0.39, 0.29) is 18.7 Å². The van der Waals surface area contributed by atoms with Gasteiger partial charge in [0, 0.05) is 24.8 Å². The van der Waals surface area contributed by atoms with Gasteiger partial charge in [-0.25, -0.2) is 4.79 Å². The fraction of sp³-hybridized carbons (Fsp3) is 0.529.